The SMILES string of the molecule is C=CC1=CCC2C(=O)N(Nc3ccc(C)cc3)C(=O)C2(c2ccccc2)C1c1ccc(OCCO)cc1. The maximum atomic E-state index is 14.5. The first-order chi connectivity index (χ1) is 18.0. The summed E-state index contributed by atoms with van der Waals surface area (Å²) in [4.78, 5) is 28.4. The van der Waals surface area contributed by atoms with Crippen LogP contribution in [0.2, 0.25) is 0 Å². The van der Waals surface area contributed by atoms with Crippen LogP contribution >= 0.6 is 0 Å². The van der Waals surface area contributed by atoms with Crippen molar-refractivity contribution >= 4 is 17.5 Å². The molecule has 3 aromatic carbocycles. The molecule has 1 aliphatic carbocycles. The van der Waals surface area contributed by atoms with Gasteiger partial charge in [0.2, 0.25) is 0 Å². The molecule has 0 aromatic heterocycles. The Balaban J connectivity index is 1.65. The van der Waals surface area contributed by atoms with Crippen molar-refractivity contribution in [3.63, 3.8) is 0 Å². The highest BCUT2D eigenvalue weighted by Crippen LogP contribution is 2.57. The Bertz CT molecular complexity index is 1330. The molecule has 0 spiro atoms. The van der Waals surface area contributed by atoms with Gasteiger partial charge in [0.15, 0.2) is 0 Å². The first-order valence-electron chi connectivity index (χ1n) is 12.4. The number of rotatable bonds is 8. The van der Waals surface area contributed by atoms with Gasteiger partial charge in [-0.3, -0.25) is 15.0 Å². The lowest BCUT2D eigenvalue weighted by molar-refractivity contribution is -0.138. The van der Waals surface area contributed by atoms with Crippen LogP contribution in [-0.2, 0) is 15.0 Å². The van der Waals surface area contributed by atoms with Gasteiger partial charge >= 0.3 is 0 Å². The zero-order chi connectivity index (χ0) is 26.0. The summed E-state index contributed by atoms with van der Waals surface area (Å²) in [5, 5.41) is 10.3. The number of carbonyl (C=O) groups excluding carboxylic acids is 2. The van der Waals surface area contributed by atoms with E-state index in [0.29, 0.717) is 17.9 Å². The monoisotopic (exact) mass is 494 g/mol. The van der Waals surface area contributed by atoms with E-state index in [2.05, 4.69) is 12.0 Å². The third-order valence-corrected chi connectivity index (χ3v) is 7.36. The third kappa shape index (κ3) is 4.13. The standard InChI is InChI=1S/C31H30N2O4/c1-3-22-13-18-27-29(35)33(32-25-14-9-21(2)10-15-25)30(36)31(27,24-7-5-4-6-8-24)28(22)23-11-16-26(17-12-23)37-20-19-34/h3-17,27-28,32,34H,1,18-20H2,2H3. The first-order valence-corrected chi connectivity index (χ1v) is 12.4. The van der Waals surface area contributed by atoms with Crippen molar-refractivity contribution in [2.45, 2.75) is 24.7 Å². The van der Waals surface area contributed by atoms with Crippen LogP contribution in [0.1, 0.15) is 29.0 Å². The predicted molar refractivity (Wildman–Crippen MR) is 143 cm³/mol. The number of nitrogens with zero attached hydrogens (tertiary/aromatic N) is 1. The fourth-order valence-corrected chi connectivity index (χ4v) is 5.68. The van der Waals surface area contributed by atoms with E-state index < -0.39 is 17.3 Å². The fraction of sp³-hybridized carbons (Fsp3) is 0.226. The number of hydrogen-bond donors (Lipinski definition) is 2. The van der Waals surface area contributed by atoms with Gasteiger partial charge in [-0.2, -0.15) is 5.01 Å². The van der Waals surface area contributed by atoms with Gasteiger partial charge in [0.25, 0.3) is 11.8 Å². The van der Waals surface area contributed by atoms with Crippen LogP contribution in [0.3, 0.4) is 0 Å². The van der Waals surface area contributed by atoms with E-state index in [9.17, 15) is 9.59 Å². The number of imide groups is 1. The Hall–Kier alpha value is -4.16. The molecule has 6 heteroatoms. The molecule has 6 nitrogen and oxygen atoms in total. The van der Waals surface area contributed by atoms with E-state index in [0.717, 1.165) is 22.3 Å². The maximum absolute atomic E-state index is 14.5. The molecule has 188 valence electrons. The minimum absolute atomic E-state index is 0.0764. The molecule has 0 saturated carbocycles. The highest BCUT2D eigenvalue weighted by atomic mass is 16.5. The van der Waals surface area contributed by atoms with Crippen LogP contribution in [0.15, 0.2) is 103 Å². The average Bonchev–Trinajstić information content (AvgIpc) is 3.15. The minimum atomic E-state index is -1.15. The van der Waals surface area contributed by atoms with Crippen LogP contribution in [0.25, 0.3) is 0 Å². The molecule has 2 N–H and O–H groups in total. The Labute approximate surface area is 216 Å². The molecule has 2 aliphatic rings. The lowest BCUT2D eigenvalue weighted by atomic mass is 9.56. The fourth-order valence-electron chi connectivity index (χ4n) is 5.68. The second kappa shape index (κ2) is 10.1. The zero-order valence-electron chi connectivity index (χ0n) is 20.8. The van der Waals surface area contributed by atoms with Gasteiger partial charge in [-0.25, -0.2) is 0 Å². The van der Waals surface area contributed by atoms with Crippen LogP contribution in [-0.4, -0.2) is 35.1 Å². The molecule has 1 saturated heterocycles. The summed E-state index contributed by atoms with van der Waals surface area (Å²) in [5.41, 5.74) is 6.29. The number of hydrogen-bond acceptors (Lipinski definition) is 5. The summed E-state index contributed by atoms with van der Waals surface area (Å²) >= 11 is 0. The van der Waals surface area contributed by atoms with Crippen molar-refractivity contribution < 1.29 is 19.4 Å². The number of amides is 2. The van der Waals surface area contributed by atoms with E-state index in [1.165, 1.54) is 5.01 Å². The summed E-state index contributed by atoms with van der Waals surface area (Å²) in [6, 6.07) is 24.7. The number of aliphatic hydroxyl groups excluding tert-OH is 1. The Morgan fingerprint density at radius 3 is 2.41 bits per heavy atom. The first kappa shape index (κ1) is 24.5. The molecule has 37 heavy (non-hydrogen) atoms. The zero-order valence-corrected chi connectivity index (χ0v) is 20.8. The van der Waals surface area contributed by atoms with Crippen LogP contribution < -0.4 is 10.2 Å². The quantitative estimate of drug-likeness (QED) is 0.435. The summed E-state index contributed by atoms with van der Waals surface area (Å²) in [7, 11) is 0. The van der Waals surface area contributed by atoms with Crippen LogP contribution in [0, 0.1) is 12.8 Å². The van der Waals surface area contributed by atoms with E-state index in [4.69, 9.17) is 9.84 Å². The summed E-state index contributed by atoms with van der Waals surface area (Å²) < 4.78 is 5.55. The number of fused-ring (bicyclic) bond motifs is 1. The van der Waals surface area contributed by atoms with E-state index in [1.54, 1.807) is 6.08 Å². The molecule has 1 aliphatic heterocycles. The van der Waals surface area contributed by atoms with Gasteiger partial charge in [-0.15, -0.1) is 0 Å². The number of aliphatic hydroxyl groups is 1. The van der Waals surface area contributed by atoms with Gasteiger partial charge in [-0.05, 0) is 54.3 Å². The van der Waals surface area contributed by atoms with Gasteiger partial charge in [0.05, 0.1) is 23.6 Å². The van der Waals surface area contributed by atoms with Crippen molar-refractivity contribution in [2.24, 2.45) is 5.92 Å². The number of nitrogens with one attached hydrogen (secondary N) is 1. The lowest BCUT2D eigenvalue weighted by Crippen LogP contribution is -2.48. The normalized spacial score (nSPS) is 22.9. The number of ether oxygens (including phenoxy) is 1. The van der Waals surface area contributed by atoms with E-state index in [1.807, 2.05) is 91.9 Å². The summed E-state index contributed by atoms with van der Waals surface area (Å²) in [6.07, 6.45) is 4.25. The van der Waals surface area contributed by atoms with Crippen LogP contribution in [0.4, 0.5) is 5.69 Å². The van der Waals surface area contributed by atoms with Gasteiger partial charge in [0, 0.05) is 5.92 Å². The largest absolute Gasteiger partial charge is 0.491 e. The third-order valence-electron chi connectivity index (χ3n) is 7.36. The van der Waals surface area contributed by atoms with Gasteiger partial charge < -0.3 is 9.84 Å². The molecule has 3 aromatic rings. The maximum Gasteiger partial charge on any atom is 0.260 e. The number of carbonyl (C=O) groups is 2. The van der Waals surface area contributed by atoms with Crippen molar-refractivity contribution in [2.75, 3.05) is 18.6 Å². The predicted octanol–water partition coefficient (Wildman–Crippen LogP) is 4.92. The minimum Gasteiger partial charge on any atom is -0.491 e. The molecule has 5 rings (SSSR count). The molecule has 3 atom stereocenters. The molecular weight excluding hydrogens is 464 g/mol. The van der Waals surface area contributed by atoms with Crippen molar-refractivity contribution in [3.05, 3.63) is 120 Å². The van der Waals surface area contributed by atoms with Crippen LogP contribution in [0.5, 0.6) is 5.75 Å². The highest BCUT2D eigenvalue weighted by molar-refractivity contribution is 6.12. The average molecular weight is 495 g/mol. The Kier molecular flexibility index (Phi) is 6.68. The highest BCUT2D eigenvalue weighted by Gasteiger charge is 2.65. The second-order valence-electron chi connectivity index (χ2n) is 9.46. The topological polar surface area (TPSA) is 78.9 Å². The Morgan fingerprint density at radius 1 is 1.05 bits per heavy atom. The molecule has 1 fully saturated rings. The summed E-state index contributed by atoms with van der Waals surface area (Å²) in [5.74, 6) is -0.924. The number of anilines is 1. The van der Waals surface area contributed by atoms with Gasteiger partial charge in [-0.1, -0.05) is 78.9 Å². The molecule has 2 amide bonds. The van der Waals surface area contributed by atoms with Crippen molar-refractivity contribution in [1.29, 1.82) is 0 Å². The van der Waals surface area contributed by atoms with Crippen molar-refractivity contribution in [3.8, 4) is 5.75 Å². The number of allylic oxidation sites excluding steroid dienone is 3. The Morgan fingerprint density at radius 2 is 1.76 bits per heavy atom. The molecule has 1 heterocycles. The number of benzene rings is 3. The lowest BCUT2D eigenvalue weighted by Gasteiger charge is -2.43. The molecule has 0 radical (unpaired) electrons. The smallest absolute Gasteiger partial charge is 0.260 e. The van der Waals surface area contributed by atoms with E-state index >= 15 is 0 Å². The van der Waals surface area contributed by atoms with Gasteiger partial charge in [0.1, 0.15) is 12.4 Å². The van der Waals surface area contributed by atoms with Crippen molar-refractivity contribution in [1.82, 2.24) is 5.01 Å². The van der Waals surface area contributed by atoms with E-state index in [-0.39, 0.29) is 25.0 Å². The summed E-state index contributed by atoms with van der Waals surface area (Å²) in [6.45, 7) is 6.16. The number of aryl methyl sites for hydroxylation is 1. The molecule has 0 bridgehead atoms. The molecule has 3 unspecified atom stereocenters. The molecular formula is C31H30N2O4. The number of hydrazine groups is 1. The second-order valence-corrected chi connectivity index (χ2v) is 9.46.